The molecule has 0 aliphatic heterocycles. The number of carbonyl (C=O) groups excluding carboxylic acids is 1. The van der Waals surface area contributed by atoms with Gasteiger partial charge >= 0.3 is 0 Å². The van der Waals surface area contributed by atoms with E-state index in [4.69, 9.17) is 4.74 Å². The van der Waals surface area contributed by atoms with Gasteiger partial charge in [0.05, 0.1) is 12.3 Å². The van der Waals surface area contributed by atoms with Gasteiger partial charge in [0.1, 0.15) is 0 Å². The third-order valence-electron chi connectivity index (χ3n) is 3.54. The van der Waals surface area contributed by atoms with Gasteiger partial charge in [0.2, 0.25) is 5.91 Å². The number of nitrogens with one attached hydrogen (secondary N) is 1. The first kappa shape index (κ1) is 17.9. The van der Waals surface area contributed by atoms with E-state index >= 15 is 0 Å². The Morgan fingerprint density at radius 2 is 1.96 bits per heavy atom. The number of rotatable bonds is 9. The summed E-state index contributed by atoms with van der Waals surface area (Å²) in [6.45, 7) is 3.76. The first-order valence-corrected chi connectivity index (χ1v) is 8.31. The summed E-state index contributed by atoms with van der Waals surface area (Å²) in [4.78, 5) is 23.6. The lowest BCUT2D eigenvalue weighted by Crippen LogP contribution is -2.20. The molecule has 0 saturated carbocycles. The number of nitrogens with zero attached hydrogens (tertiary/aromatic N) is 1. The van der Waals surface area contributed by atoms with Crippen LogP contribution in [-0.4, -0.2) is 17.1 Å². The minimum absolute atomic E-state index is 0.0517. The van der Waals surface area contributed by atoms with Gasteiger partial charge < -0.3 is 14.6 Å². The average molecular weight is 328 g/mol. The summed E-state index contributed by atoms with van der Waals surface area (Å²) in [5, 5.41) is 2.82. The first-order valence-electron chi connectivity index (χ1n) is 8.31. The molecule has 0 fully saturated rings. The number of hydrogen-bond donors (Lipinski definition) is 1. The van der Waals surface area contributed by atoms with Gasteiger partial charge in [-0.1, -0.05) is 37.3 Å². The van der Waals surface area contributed by atoms with Gasteiger partial charge in [-0.3, -0.25) is 9.59 Å². The number of anilines is 1. The van der Waals surface area contributed by atoms with Crippen LogP contribution in [0, 0.1) is 0 Å². The largest absolute Gasteiger partial charge is 0.377 e. The fraction of sp³-hybridized carbons (Fsp3) is 0.368. The Kier molecular flexibility index (Phi) is 7.23. The van der Waals surface area contributed by atoms with Crippen molar-refractivity contribution in [1.82, 2.24) is 4.57 Å². The molecule has 0 unspecified atom stereocenters. The van der Waals surface area contributed by atoms with Crippen LogP contribution in [0.1, 0.15) is 31.7 Å². The van der Waals surface area contributed by atoms with Crippen molar-refractivity contribution in [3.63, 3.8) is 0 Å². The van der Waals surface area contributed by atoms with Gasteiger partial charge in [0.15, 0.2) is 0 Å². The van der Waals surface area contributed by atoms with E-state index in [2.05, 4.69) is 5.32 Å². The molecule has 0 saturated heterocycles. The molecule has 1 aromatic carbocycles. The molecule has 0 radical (unpaired) electrons. The van der Waals surface area contributed by atoms with Gasteiger partial charge in [0.25, 0.3) is 5.56 Å². The standard InChI is InChI=1S/C19H24N2O3/c1-2-12-21-14-17(10-11-19(21)23)20-18(22)9-6-13-24-15-16-7-4-3-5-8-16/h3-5,7-8,10-11,14H,2,6,9,12-13,15H2,1H3,(H,20,22). The summed E-state index contributed by atoms with van der Waals surface area (Å²) in [6.07, 6.45) is 3.61. The van der Waals surface area contributed by atoms with Crippen LogP contribution in [-0.2, 0) is 22.7 Å². The number of carbonyl (C=O) groups is 1. The number of pyridine rings is 1. The number of aromatic nitrogens is 1. The topological polar surface area (TPSA) is 60.3 Å². The van der Waals surface area contributed by atoms with E-state index in [0.29, 0.717) is 38.3 Å². The maximum absolute atomic E-state index is 11.9. The second kappa shape index (κ2) is 9.67. The summed E-state index contributed by atoms with van der Waals surface area (Å²) in [5.74, 6) is -0.0694. The molecule has 0 spiro atoms. The molecule has 5 heteroatoms. The highest BCUT2D eigenvalue weighted by molar-refractivity contribution is 5.90. The highest BCUT2D eigenvalue weighted by Crippen LogP contribution is 2.06. The Hall–Kier alpha value is -2.40. The Morgan fingerprint density at radius 1 is 1.17 bits per heavy atom. The molecular formula is C19H24N2O3. The summed E-state index contributed by atoms with van der Waals surface area (Å²) in [5.41, 5.74) is 1.72. The second-order valence-electron chi connectivity index (χ2n) is 5.64. The van der Waals surface area contributed by atoms with Gasteiger partial charge in [-0.2, -0.15) is 0 Å². The van der Waals surface area contributed by atoms with E-state index in [1.807, 2.05) is 37.3 Å². The average Bonchev–Trinajstić information content (AvgIpc) is 2.59. The number of aryl methyl sites for hydroxylation is 1. The van der Waals surface area contributed by atoms with Crippen molar-refractivity contribution in [2.75, 3.05) is 11.9 Å². The van der Waals surface area contributed by atoms with Gasteiger partial charge in [-0.05, 0) is 24.5 Å². The molecule has 2 aromatic rings. The van der Waals surface area contributed by atoms with Crippen molar-refractivity contribution in [3.05, 3.63) is 64.6 Å². The van der Waals surface area contributed by atoms with Gasteiger partial charge in [-0.25, -0.2) is 0 Å². The van der Waals surface area contributed by atoms with Crippen molar-refractivity contribution >= 4 is 11.6 Å². The first-order chi connectivity index (χ1) is 11.7. The minimum Gasteiger partial charge on any atom is -0.377 e. The number of amides is 1. The Labute approximate surface area is 142 Å². The van der Waals surface area contributed by atoms with Crippen LogP contribution in [0.25, 0.3) is 0 Å². The second-order valence-corrected chi connectivity index (χ2v) is 5.64. The fourth-order valence-corrected chi connectivity index (χ4v) is 2.34. The fourth-order valence-electron chi connectivity index (χ4n) is 2.34. The Bertz CT molecular complexity index is 695. The molecule has 24 heavy (non-hydrogen) atoms. The van der Waals surface area contributed by atoms with Crippen molar-refractivity contribution < 1.29 is 9.53 Å². The van der Waals surface area contributed by atoms with Crippen LogP contribution in [0.2, 0.25) is 0 Å². The molecule has 128 valence electrons. The van der Waals surface area contributed by atoms with Crippen LogP contribution < -0.4 is 10.9 Å². The van der Waals surface area contributed by atoms with Crippen LogP contribution in [0.15, 0.2) is 53.5 Å². The molecule has 1 heterocycles. The minimum atomic E-state index is -0.0694. The monoisotopic (exact) mass is 328 g/mol. The van der Waals surface area contributed by atoms with E-state index < -0.39 is 0 Å². The smallest absolute Gasteiger partial charge is 0.250 e. The van der Waals surface area contributed by atoms with E-state index in [1.54, 1.807) is 16.8 Å². The van der Waals surface area contributed by atoms with Gasteiger partial charge in [0, 0.05) is 31.8 Å². The molecule has 0 bridgehead atoms. The Morgan fingerprint density at radius 3 is 2.71 bits per heavy atom. The summed E-state index contributed by atoms with van der Waals surface area (Å²) in [6, 6.07) is 13.1. The van der Waals surface area contributed by atoms with Crippen LogP contribution in [0.4, 0.5) is 5.69 Å². The molecule has 2 rings (SSSR count). The maximum atomic E-state index is 11.9. The van der Waals surface area contributed by atoms with E-state index in [9.17, 15) is 9.59 Å². The SMILES string of the molecule is CCCn1cc(NC(=O)CCCOCc2ccccc2)ccc1=O. The molecule has 1 N–H and O–H groups in total. The number of ether oxygens (including phenoxy) is 1. The maximum Gasteiger partial charge on any atom is 0.250 e. The molecule has 0 aliphatic carbocycles. The normalized spacial score (nSPS) is 10.5. The summed E-state index contributed by atoms with van der Waals surface area (Å²) in [7, 11) is 0. The lowest BCUT2D eigenvalue weighted by molar-refractivity contribution is -0.116. The summed E-state index contributed by atoms with van der Waals surface area (Å²) >= 11 is 0. The Balaban J connectivity index is 1.69. The molecule has 1 amide bonds. The highest BCUT2D eigenvalue weighted by atomic mass is 16.5. The molecular weight excluding hydrogens is 304 g/mol. The summed E-state index contributed by atoms with van der Waals surface area (Å²) < 4.78 is 7.17. The quantitative estimate of drug-likeness (QED) is 0.719. The highest BCUT2D eigenvalue weighted by Gasteiger charge is 2.04. The third-order valence-corrected chi connectivity index (χ3v) is 3.54. The van der Waals surface area contributed by atoms with E-state index in [0.717, 1.165) is 12.0 Å². The predicted molar refractivity (Wildman–Crippen MR) is 95.0 cm³/mol. The zero-order chi connectivity index (χ0) is 17.2. The van der Waals surface area contributed by atoms with Crippen molar-refractivity contribution in [2.45, 2.75) is 39.3 Å². The van der Waals surface area contributed by atoms with Crippen molar-refractivity contribution in [1.29, 1.82) is 0 Å². The molecule has 0 aliphatic rings. The van der Waals surface area contributed by atoms with Crippen LogP contribution in [0.5, 0.6) is 0 Å². The van der Waals surface area contributed by atoms with E-state index in [1.165, 1.54) is 6.07 Å². The molecule has 0 atom stereocenters. The van der Waals surface area contributed by atoms with Gasteiger partial charge in [-0.15, -0.1) is 0 Å². The molecule has 5 nitrogen and oxygen atoms in total. The third kappa shape index (κ3) is 6.01. The molecule has 1 aromatic heterocycles. The lowest BCUT2D eigenvalue weighted by Gasteiger charge is -2.09. The zero-order valence-corrected chi connectivity index (χ0v) is 14.0. The van der Waals surface area contributed by atoms with E-state index in [-0.39, 0.29) is 11.5 Å². The van der Waals surface area contributed by atoms with Crippen LogP contribution in [0.3, 0.4) is 0 Å². The predicted octanol–water partition coefficient (Wildman–Crippen LogP) is 3.19. The lowest BCUT2D eigenvalue weighted by atomic mass is 10.2. The number of benzene rings is 1. The zero-order valence-electron chi connectivity index (χ0n) is 14.0. The van der Waals surface area contributed by atoms with Crippen molar-refractivity contribution in [3.8, 4) is 0 Å². The van der Waals surface area contributed by atoms with Crippen LogP contribution >= 0.6 is 0 Å². The number of hydrogen-bond acceptors (Lipinski definition) is 3. The van der Waals surface area contributed by atoms with Crippen molar-refractivity contribution in [2.24, 2.45) is 0 Å².